The van der Waals surface area contributed by atoms with E-state index in [1.54, 1.807) is 44.6 Å². The number of ketones is 1. The van der Waals surface area contributed by atoms with Gasteiger partial charge in [-0.25, -0.2) is 0 Å². The van der Waals surface area contributed by atoms with E-state index < -0.39 is 0 Å². The number of carbonyl (C=O) groups is 1. The number of hydrogen-bond acceptors (Lipinski definition) is 7. The third kappa shape index (κ3) is 4.97. The monoisotopic (exact) mass is 520 g/mol. The summed E-state index contributed by atoms with van der Waals surface area (Å²) in [7, 11) is 3.15. The van der Waals surface area contributed by atoms with Crippen molar-refractivity contribution in [1.29, 1.82) is 0 Å². The lowest BCUT2D eigenvalue weighted by molar-refractivity contribution is 0.101. The zero-order valence-electron chi connectivity index (χ0n) is 21.1. The number of piperazine rings is 1. The van der Waals surface area contributed by atoms with Gasteiger partial charge in [-0.1, -0.05) is 17.7 Å². The Kier molecular flexibility index (Phi) is 7.00. The first-order valence-corrected chi connectivity index (χ1v) is 12.5. The van der Waals surface area contributed by atoms with Crippen LogP contribution in [0.15, 0.2) is 54.3 Å². The number of carbonyl (C=O) groups excluding carboxylic acids is 1. The Hall–Kier alpha value is -3.68. The second-order valence-corrected chi connectivity index (χ2v) is 9.62. The number of allylic oxidation sites excluding steroid dienone is 1. The van der Waals surface area contributed by atoms with Crippen molar-refractivity contribution in [1.82, 2.24) is 4.90 Å². The largest absolute Gasteiger partial charge is 0.507 e. The smallest absolute Gasteiger partial charge is 0.232 e. The van der Waals surface area contributed by atoms with E-state index in [4.69, 9.17) is 25.8 Å². The summed E-state index contributed by atoms with van der Waals surface area (Å²) in [6.45, 7) is 5.53. The zero-order valence-corrected chi connectivity index (χ0v) is 21.8. The van der Waals surface area contributed by atoms with Crippen LogP contribution in [0.2, 0.25) is 5.02 Å². The number of nitrogens with zero attached hydrogens (tertiary/aromatic N) is 2. The highest BCUT2D eigenvalue weighted by atomic mass is 35.5. The minimum absolute atomic E-state index is 0.126. The molecule has 0 amide bonds. The van der Waals surface area contributed by atoms with Crippen molar-refractivity contribution in [3.63, 3.8) is 0 Å². The molecule has 0 atom stereocenters. The third-order valence-corrected chi connectivity index (χ3v) is 7.11. The number of phenolic OH excluding ortho intramolecular Hbond substituents is 1. The van der Waals surface area contributed by atoms with Gasteiger partial charge in [0, 0.05) is 49.0 Å². The van der Waals surface area contributed by atoms with Gasteiger partial charge >= 0.3 is 0 Å². The molecule has 2 aliphatic heterocycles. The Bertz CT molecular complexity index is 1380. The van der Waals surface area contributed by atoms with E-state index >= 15 is 0 Å². The maximum atomic E-state index is 13.4. The molecular weight excluding hydrogens is 492 g/mol. The third-order valence-electron chi connectivity index (χ3n) is 6.87. The molecule has 2 aliphatic rings. The summed E-state index contributed by atoms with van der Waals surface area (Å²) in [5.41, 5.74) is 3.54. The molecule has 1 N–H and O–H groups in total. The average Bonchev–Trinajstić information content (AvgIpc) is 3.22. The van der Waals surface area contributed by atoms with E-state index in [0.717, 1.165) is 36.9 Å². The summed E-state index contributed by atoms with van der Waals surface area (Å²) in [5, 5.41) is 11.6. The summed E-state index contributed by atoms with van der Waals surface area (Å²) < 4.78 is 16.9. The molecule has 0 aliphatic carbocycles. The van der Waals surface area contributed by atoms with Crippen molar-refractivity contribution in [2.45, 2.75) is 13.5 Å². The lowest BCUT2D eigenvalue weighted by atomic mass is 9.99. The number of ether oxygens (including phenoxy) is 3. The molecule has 37 heavy (non-hydrogen) atoms. The number of Topliss-reactive ketones (excluding diaryl/α,β-unsaturated/α-hetero) is 1. The van der Waals surface area contributed by atoms with Crippen LogP contribution in [0.3, 0.4) is 0 Å². The van der Waals surface area contributed by atoms with Crippen molar-refractivity contribution in [3.05, 3.63) is 81.6 Å². The van der Waals surface area contributed by atoms with Crippen LogP contribution in [0.25, 0.3) is 6.08 Å². The van der Waals surface area contributed by atoms with Gasteiger partial charge in [-0.05, 0) is 61.0 Å². The predicted octanol–water partition coefficient (Wildman–Crippen LogP) is 5.31. The lowest BCUT2D eigenvalue weighted by Crippen LogP contribution is -2.46. The van der Waals surface area contributed by atoms with Crippen LogP contribution >= 0.6 is 11.6 Å². The topological polar surface area (TPSA) is 71.5 Å². The Morgan fingerprint density at radius 2 is 1.84 bits per heavy atom. The first-order chi connectivity index (χ1) is 17.9. The second kappa shape index (κ2) is 10.4. The molecule has 3 aromatic carbocycles. The van der Waals surface area contributed by atoms with Crippen LogP contribution in [0.1, 0.15) is 27.0 Å². The van der Waals surface area contributed by atoms with Crippen LogP contribution in [-0.4, -0.2) is 56.2 Å². The Balaban J connectivity index is 1.39. The molecule has 0 radical (unpaired) electrons. The highest BCUT2D eigenvalue weighted by Gasteiger charge is 2.34. The van der Waals surface area contributed by atoms with Crippen molar-refractivity contribution < 1.29 is 24.1 Å². The summed E-state index contributed by atoms with van der Waals surface area (Å²) >= 11 is 6.17. The molecule has 0 bridgehead atoms. The quantitative estimate of drug-likeness (QED) is 0.442. The molecule has 1 fully saturated rings. The van der Waals surface area contributed by atoms with E-state index in [1.807, 2.05) is 25.1 Å². The van der Waals surface area contributed by atoms with E-state index in [9.17, 15) is 9.90 Å². The molecular formula is C29H29ClN2O5. The van der Waals surface area contributed by atoms with Gasteiger partial charge in [0.1, 0.15) is 23.0 Å². The number of rotatable bonds is 6. The number of aryl methyl sites for hydroxylation is 1. The van der Waals surface area contributed by atoms with E-state index in [-0.39, 0.29) is 17.3 Å². The van der Waals surface area contributed by atoms with Crippen LogP contribution in [0.4, 0.5) is 5.69 Å². The van der Waals surface area contributed by atoms with Crippen LogP contribution in [0.5, 0.6) is 23.0 Å². The lowest BCUT2D eigenvalue weighted by Gasteiger charge is -2.36. The summed E-state index contributed by atoms with van der Waals surface area (Å²) in [6, 6.07) is 14.9. The maximum Gasteiger partial charge on any atom is 0.232 e. The van der Waals surface area contributed by atoms with Crippen LogP contribution < -0.4 is 19.1 Å². The molecule has 0 spiro atoms. The standard InChI is InChI=1S/C29H29ClN2O5/c1-18-13-24(33)23(17-31-9-11-32(12-10-31)21-6-4-5-20(30)16-21)29-27(18)28(34)26(37-29)15-19-14-22(35-2)7-8-25(19)36-3/h4-8,13-16,33H,9-12,17H2,1-3H3/b26-15-. The molecule has 2 heterocycles. The second-order valence-electron chi connectivity index (χ2n) is 9.19. The maximum absolute atomic E-state index is 13.4. The minimum Gasteiger partial charge on any atom is -0.507 e. The summed E-state index contributed by atoms with van der Waals surface area (Å²) in [6.07, 6.45) is 1.66. The number of benzene rings is 3. The number of methoxy groups -OCH3 is 2. The van der Waals surface area contributed by atoms with E-state index in [0.29, 0.717) is 46.0 Å². The van der Waals surface area contributed by atoms with Crippen molar-refractivity contribution >= 4 is 29.1 Å². The molecule has 0 saturated carbocycles. The Morgan fingerprint density at radius 3 is 2.54 bits per heavy atom. The van der Waals surface area contributed by atoms with Crippen molar-refractivity contribution in [2.24, 2.45) is 0 Å². The molecule has 5 rings (SSSR count). The van der Waals surface area contributed by atoms with Crippen LogP contribution in [-0.2, 0) is 6.54 Å². The van der Waals surface area contributed by atoms with Gasteiger partial charge in [0.2, 0.25) is 5.78 Å². The summed E-state index contributed by atoms with van der Waals surface area (Å²) in [5.74, 6) is 1.75. The Morgan fingerprint density at radius 1 is 1.05 bits per heavy atom. The highest BCUT2D eigenvalue weighted by molar-refractivity contribution is 6.30. The van der Waals surface area contributed by atoms with Gasteiger partial charge in [-0.3, -0.25) is 9.69 Å². The van der Waals surface area contributed by atoms with E-state index in [1.165, 1.54) is 0 Å². The number of fused-ring (bicyclic) bond motifs is 1. The fourth-order valence-corrected chi connectivity index (χ4v) is 5.07. The van der Waals surface area contributed by atoms with E-state index in [2.05, 4.69) is 15.9 Å². The first-order valence-electron chi connectivity index (χ1n) is 12.1. The van der Waals surface area contributed by atoms with Crippen molar-refractivity contribution in [3.8, 4) is 23.0 Å². The fourth-order valence-electron chi connectivity index (χ4n) is 4.89. The number of halogens is 1. The highest BCUT2D eigenvalue weighted by Crippen LogP contribution is 2.43. The molecule has 3 aromatic rings. The van der Waals surface area contributed by atoms with Crippen LogP contribution in [0, 0.1) is 6.92 Å². The fraction of sp³-hybridized carbons (Fsp3) is 0.276. The molecule has 7 nitrogen and oxygen atoms in total. The van der Waals surface area contributed by atoms with Crippen molar-refractivity contribution in [2.75, 3.05) is 45.3 Å². The Labute approximate surface area is 221 Å². The van der Waals surface area contributed by atoms with Gasteiger partial charge in [0.15, 0.2) is 5.76 Å². The molecule has 192 valence electrons. The van der Waals surface area contributed by atoms with Gasteiger partial charge < -0.3 is 24.2 Å². The first kappa shape index (κ1) is 25.0. The number of phenols is 1. The molecule has 0 unspecified atom stereocenters. The molecule has 8 heteroatoms. The molecule has 1 saturated heterocycles. The van der Waals surface area contributed by atoms with Gasteiger partial charge in [-0.15, -0.1) is 0 Å². The van der Waals surface area contributed by atoms with Gasteiger partial charge in [0.25, 0.3) is 0 Å². The summed E-state index contributed by atoms with van der Waals surface area (Å²) in [4.78, 5) is 17.9. The average molecular weight is 521 g/mol. The molecule has 0 aromatic heterocycles. The minimum atomic E-state index is -0.218. The van der Waals surface area contributed by atoms with Gasteiger partial charge in [-0.2, -0.15) is 0 Å². The normalized spacial score (nSPS) is 16.6. The number of aromatic hydroxyl groups is 1. The number of hydrogen-bond donors (Lipinski definition) is 1. The zero-order chi connectivity index (χ0) is 26.1. The SMILES string of the molecule is COc1ccc(OC)c(/C=C2\Oc3c(CN4CCN(c5cccc(Cl)c5)CC4)c(O)cc(C)c3C2=O)c1. The number of anilines is 1. The van der Waals surface area contributed by atoms with Gasteiger partial charge in [0.05, 0.1) is 25.3 Å². The predicted molar refractivity (Wildman–Crippen MR) is 144 cm³/mol.